The van der Waals surface area contributed by atoms with Crippen molar-refractivity contribution in [1.29, 1.82) is 0 Å². The minimum absolute atomic E-state index is 0.0831. The largest absolute Gasteiger partial charge is 0.489 e. The van der Waals surface area contributed by atoms with E-state index < -0.39 is 0 Å². The number of ether oxygens (including phenoxy) is 1. The summed E-state index contributed by atoms with van der Waals surface area (Å²) >= 11 is 0. The van der Waals surface area contributed by atoms with Gasteiger partial charge in [0, 0.05) is 12.6 Å². The van der Waals surface area contributed by atoms with Crippen LogP contribution >= 0.6 is 0 Å². The van der Waals surface area contributed by atoms with Crippen LogP contribution in [-0.4, -0.2) is 18.7 Å². The number of nitrogens with one attached hydrogen (secondary N) is 1. The van der Waals surface area contributed by atoms with Crippen molar-refractivity contribution in [2.75, 3.05) is 6.54 Å². The molecule has 0 saturated heterocycles. The van der Waals surface area contributed by atoms with Crippen molar-refractivity contribution >= 4 is 0 Å². The molecule has 3 heteroatoms. The van der Waals surface area contributed by atoms with Gasteiger partial charge in [-0.05, 0) is 44.5 Å². The fourth-order valence-corrected chi connectivity index (χ4v) is 1.69. The van der Waals surface area contributed by atoms with Gasteiger partial charge in [-0.15, -0.1) is 0 Å². The zero-order valence-electron chi connectivity index (χ0n) is 10.9. The van der Waals surface area contributed by atoms with E-state index >= 15 is 0 Å². The first-order valence-electron chi connectivity index (χ1n) is 6.27. The molecule has 0 bridgehead atoms. The standard InChI is InChI=1S/C14H22FNO/c1-4-5-11(2)16-10-12(3)17-14-8-6-13(15)7-9-14/h6-9,11-12,16H,4-5,10H2,1-3H3. The second-order valence-corrected chi connectivity index (χ2v) is 4.48. The van der Waals surface area contributed by atoms with Crippen LogP contribution < -0.4 is 10.1 Å². The topological polar surface area (TPSA) is 21.3 Å². The van der Waals surface area contributed by atoms with Crippen LogP contribution in [0.1, 0.15) is 33.6 Å². The maximum atomic E-state index is 12.7. The molecule has 96 valence electrons. The van der Waals surface area contributed by atoms with Crippen LogP contribution in [0.2, 0.25) is 0 Å². The molecule has 0 spiro atoms. The second-order valence-electron chi connectivity index (χ2n) is 4.48. The molecular formula is C14H22FNO. The number of rotatable bonds is 7. The summed E-state index contributed by atoms with van der Waals surface area (Å²) in [6.45, 7) is 7.16. The minimum atomic E-state index is -0.236. The predicted octanol–water partition coefficient (Wildman–Crippen LogP) is 3.37. The molecule has 0 amide bonds. The van der Waals surface area contributed by atoms with Crippen molar-refractivity contribution in [2.45, 2.75) is 45.8 Å². The highest BCUT2D eigenvalue weighted by Crippen LogP contribution is 2.12. The third-order valence-electron chi connectivity index (χ3n) is 2.63. The monoisotopic (exact) mass is 239 g/mol. The molecule has 0 fully saturated rings. The third-order valence-corrected chi connectivity index (χ3v) is 2.63. The molecule has 2 unspecified atom stereocenters. The van der Waals surface area contributed by atoms with E-state index in [2.05, 4.69) is 19.2 Å². The third kappa shape index (κ3) is 5.68. The summed E-state index contributed by atoms with van der Waals surface area (Å²) in [5, 5.41) is 3.42. The lowest BCUT2D eigenvalue weighted by Crippen LogP contribution is -2.34. The lowest BCUT2D eigenvalue weighted by Gasteiger charge is -2.18. The summed E-state index contributed by atoms with van der Waals surface area (Å²) in [6, 6.07) is 6.65. The second kappa shape index (κ2) is 7.28. The summed E-state index contributed by atoms with van der Waals surface area (Å²) in [6.07, 6.45) is 2.43. The van der Waals surface area contributed by atoms with Gasteiger partial charge >= 0.3 is 0 Å². The first kappa shape index (κ1) is 14.0. The quantitative estimate of drug-likeness (QED) is 0.787. The fourth-order valence-electron chi connectivity index (χ4n) is 1.69. The summed E-state index contributed by atoms with van der Waals surface area (Å²) < 4.78 is 18.4. The number of halogens is 1. The maximum absolute atomic E-state index is 12.7. The SMILES string of the molecule is CCCC(C)NCC(C)Oc1ccc(F)cc1. The Hall–Kier alpha value is -1.09. The van der Waals surface area contributed by atoms with Crippen molar-refractivity contribution in [2.24, 2.45) is 0 Å². The highest BCUT2D eigenvalue weighted by molar-refractivity contribution is 5.22. The van der Waals surface area contributed by atoms with Gasteiger partial charge in [0.05, 0.1) is 0 Å². The molecule has 17 heavy (non-hydrogen) atoms. The Balaban J connectivity index is 2.29. The van der Waals surface area contributed by atoms with E-state index in [-0.39, 0.29) is 11.9 Å². The van der Waals surface area contributed by atoms with E-state index in [0.29, 0.717) is 11.8 Å². The molecule has 0 saturated carbocycles. The van der Waals surface area contributed by atoms with Gasteiger partial charge in [-0.3, -0.25) is 0 Å². The summed E-state index contributed by atoms with van der Waals surface area (Å²) in [4.78, 5) is 0. The highest BCUT2D eigenvalue weighted by atomic mass is 19.1. The average molecular weight is 239 g/mol. The Morgan fingerprint density at radius 1 is 1.24 bits per heavy atom. The molecule has 1 aromatic rings. The lowest BCUT2D eigenvalue weighted by atomic mass is 10.2. The molecule has 0 aliphatic rings. The summed E-state index contributed by atoms with van der Waals surface area (Å²) in [5.74, 6) is 0.476. The van der Waals surface area contributed by atoms with Gasteiger partial charge in [0.1, 0.15) is 17.7 Å². The van der Waals surface area contributed by atoms with Gasteiger partial charge in [0.25, 0.3) is 0 Å². The van der Waals surface area contributed by atoms with Crippen LogP contribution in [0.15, 0.2) is 24.3 Å². The van der Waals surface area contributed by atoms with Crippen molar-refractivity contribution in [3.8, 4) is 5.75 Å². The molecule has 0 aliphatic carbocycles. The van der Waals surface area contributed by atoms with E-state index in [4.69, 9.17) is 4.74 Å². The van der Waals surface area contributed by atoms with Crippen LogP contribution in [0.4, 0.5) is 4.39 Å². The first-order valence-corrected chi connectivity index (χ1v) is 6.27. The van der Waals surface area contributed by atoms with E-state index in [1.165, 1.54) is 25.0 Å². The Bertz CT molecular complexity index is 313. The van der Waals surface area contributed by atoms with Crippen LogP contribution in [0.5, 0.6) is 5.75 Å². The molecular weight excluding hydrogens is 217 g/mol. The summed E-state index contributed by atoms with van der Waals surface area (Å²) in [5.41, 5.74) is 0. The average Bonchev–Trinajstić information content (AvgIpc) is 2.30. The number of hydrogen-bond donors (Lipinski definition) is 1. The molecule has 2 nitrogen and oxygen atoms in total. The number of benzene rings is 1. The van der Waals surface area contributed by atoms with Crippen molar-refractivity contribution < 1.29 is 9.13 Å². The Labute approximate surface area is 103 Å². The van der Waals surface area contributed by atoms with E-state index in [0.717, 1.165) is 6.54 Å². The van der Waals surface area contributed by atoms with E-state index in [1.54, 1.807) is 12.1 Å². The molecule has 0 aromatic heterocycles. The molecule has 0 heterocycles. The molecule has 0 radical (unpaired) electrons. The van der Waals surface area contributed by atoms with Crippen molar-refractivity contribution in [1.82, 2.24) is 5.32 Å². The van der Waals surface area contributed by atoms with Crippen molar-refractivity contribution in [3.05, 3.63) is 30.1 Å². The Morgan fingerprint density at radius 3 is 2.47 bits per heavy atom. The van der Waals surface area contributed by atoms with E-state index in [9.17, 15) is 4.39 Å². The van der Waals surface area contributed by atoms with Crippen LogP contribution in [0.3, 0.4) is 0 Å². The first-order chi connectivity index (χ1) is 8.11. The smallest absolute Gasteiger partial charge is 0.123 e. The van der Waals surface area contributed by atoms with Gasteiger partial charge in [-0.25, -0.2) is 4.39 Å². The van der Waals surface area contributed by atoms with Gasteiger partial charge in [0.15, 0.2) is 0 Å². The van der Waals surface area contributed by atoms with Crippen LogP contribution in [-0.2, 0) is 0 Å². The van der Waals surface area contributed by atoms with Gasteiger partial charge in [-0.1, -0.05) is 13.3 Å². The lowest BCUT2D eigenvalue weighted by molar-refractivity contribution is 0.211. The maximum Gasteiger partial charge on any atom is 0.123 e. The number of hydrogen-bond acceptors (Lipinski definition) is 2. The summed E-state index contributed by atoms with van der Waals surface area (Å²) in [7, 11) is 0. The Kier molecular flexibility index (Phi) is 5.98. The normalized spacial score (nSPS) is 14.4. The van der Waals surface area contributed by atoms with Gasteiger partial charge in [-0.2, -0.15) is 0 Å². The van der Waals surface area contributed by atoms with Crippen molar-refractivity contribution in [3.63, 3.8) is 0 Å². The zero-order chi connectivity index (χ0) is 12.7. The molecule has 1 N–H and O–H groups in total. The van der Waals surface area contributed by atoms with E-state index in [1.807, 2.05) is 6.92 Å². The zero-order valence-corrected chi connectivity index (χ0v) is 10.9. The molecule has 2 atom stereocenters. The molecule has 1 rings (SSSR count). The van der Waals surface area contributed by atoms with Crippen LogP contribution in [0, 0.1) is 5.82 Å². The molecule has 0 aliphatic heterocycles. The predicted molar refractivity (Wildman–Crippen MR) is 68.9 cm³/mol. The van der Waals surface area contributed by atoms with Gasteiger partial charge < -0.3 is 10.1 Å². The molecule has 1 aromatic carbocycles. The fraction of sp³-hybridized carbons (Fsp3) is 0.571. The minimum Gasteiger partial charge on any atom is -0.489 e. The van der Waals surface area contributed by atoms with Gasteiger partial charge in [0.2, 0.25) is 0 Å². The van der Waals surface area contributed by atoms with Crippen LogP contribution in [0.25, 0.3) is 0 Å². The Morgan fingerprint density at radius 2 is 1.88 bits per heavy atom. The highest BCUT2D eigenvalue weighted by Gasteiger charge is 2.06.